The molecule has 0 unspecified atom stereocenters. The van der Waals surface area contributed by atoms with Gasteiger partial charge in [-0.1, -0.05) is 217 Å². The first-order valence-corrected chi connectivity index (χ1v) is 38.3. The van der Waals surface area contributed by atoms with E-state index in [1.165, 1.54) is 0 Å². The van der Waals surface area contributed by atoms with Crippen LogP contribution in [0.4, 0.5) is 14.4 Å². The molecule has 0 radical (unpaired) electrons. The Hall–Kier alpha value is -8.89. The molecule has 614 valence electrons. The third kappa shape index (κ3) is 25.6. The molecule has 6 aromatic carbocycles. The van der Waals surface area contributed by atoms with Crippen LogP contribution in [-0.2, 0) is 144 Å². The van der Waals surface area contributed by atoms with Crippen LogP contribution in [0.5, 0.6) is 0 Å². The Labute approximate surface area is 674 Å². The first kappa shape index (κ1) is 87.5. The number of alkyl halides is 3. The SMILES string of the molecule is COC(=O)[C@@]1(OC[C@H]2O[C@@H](O[C@H]3[C@@H](OCc4ccccc4)[C@@H](COCc4ccccc4)O[C@@H](OCCCCCN(Cc4ccccc4)C(=O)OCc4ccccc4)[C@@H]3OCc3ccccc3)[C@H](NC(=O)OCC(Cl)(Cl)Cl)[C@@H](O)[C@@H]2OCc2ccccc2)C[C@@H]2OC(=O)N(C(C)=O)[C@H]2[C@H]([C@H](OC(C)=O)[C@@H](COC(C)=O)OC(C)=O)O1. The molecule has 32 heteroatoms. The van der Waals surface area contributed by atoms with Crippen molar-refractivity contribution >= 4 is 82.9 Å². The number of ether oxygens (including phenoxy) is 17. The zero-order valence-corrected chi connectivity index (χ0v) is 65.7. The van der Waals surface area contributed by atoms with Gasteiger partial charge in [0.15, 0.2) is 24.8 Å². The van der Waals surface area contributed by atoms with Gasteiger partial charge >= 0.3 is 42.2 Å². The van der Waals surface area contributed by atoms with Gasteiger partial charge in [-0.3, -0.25) is 19.2 Å². The maximum absolute atomic E-state index is 14.9. The van der Waals surface area contributed by atoms with Gasteiger partial charge < -0.3 is 95.8 Å². The van der Waals surface area contributed by atoms with E-state index in [4.69, 9.17) is 115 Å². The number of nitrogens with zero attached hydrogens (tertiary/aromatic N) is 2. The normalized spacial score (nSPS) is 24.5. The largest absolute Gasteiger partial charge is 0.465 e. The lowest BCUT2D eigenvalue weighted by Gasteiger charge is -2.50. The van der Waals surface area contributed by atoms with E-state index in [9.17, 15) is 43.5 Å². The Morgan fingerprint density at radius 2 is 1.11 bits per heavy atom. The molecule has 0 aliphatic carbocycles. The summed E-state index contributed by atoms with van der Waals surface area (Å²) in [6.45, 7) is 1.82. The van der Waals surface area contributed by atoms with Gasteiger partial charge in [0.05, 0.1) is 53.2 Å². The van der Waals surface area contributed by atoms with Crippen LogP contribution in [0.25, 0.3) is 0 Å². The van der Waals surface area contributed by atoms with Crippen molar-refractivity contribution in [2.75, 3.05) is 46.7 Å². The minimum atomic E-state index is -2.82. The smallest absolute Gasteiger partial charge is 0.417 e. The van der Waals surface area contributed by atoms with Crippen LogP contribution < -0.4 is 5.32 Å². The molecule has 6 aromatic rings. The molecule has 0 spiro atoms. The van der Waals surface area contributed by atoms with E-state index in [0.29, 0.717) is 53.9 Å². The number of unbranched alkanes of at least 4 members (excludes halogenated alkanes) is 2. The molecule has 2 N–H and O–H groups in total. The molecular weight excluding hydrogens is 1550 g/mol. The molecule has 4 amide bonds. The number of hydrogen-bond donors (Lipinski definition) is 2. The molecule has 4 saturated heterocycles. The average molecular weight is 1640 g/mol. The van der Waals surface area contributed by atoms with Gasteiger partial charge in [0.2, 0.25) is 9.70 Å². The van der Waals surface area contributed by atoms with Crippen LogP contribution in [-0.4, -0.2) is 211 Å². The van der Waals surface area contributed by atoms with Gasteiger partial charge in [-0.25, -0.2) is 24.1 Å². The molecule has 0 bridgehead atoms. The molecule has 10 rings (SSSR count). The molecule has 0 saturated carbocycles. The van der Waals surface area contributed by atoms with Gasteiger partial charge in [-0.05, 0) is 52.6 Å². The number of esters is 4. The number of halogens is 3. The average Bonchev–Trinajstić information content (AvgIpc) is 1.52. The van der Waals surface area contributed by atoms with Gasteiger partial charge in [0, 0.05) is 47.4 Å². The molecule has 4 heterocycles. The summed E-state index contributed by atoms with van der Waals surface area (Å²) in [5.41, 5.74) is 4.56. The summed E-state index contributed by atoms with van der Waals surface area (Å²) in [4.78, 5) is 111. The third-order valence-corrected chi connectivity index (χ3v) is 19.2. The molecule has 4 aliphatic heterocycles. The Balaban J connectivity index is 1.04. The van der Waals surface area contributed by atoms with Crippen LogP contribution in [0.3, 0.4) is 0 Å². The molecule has 16 atom stereocenters. The van der Waals surface area contributed by atoms with Crippen LogP contribution >= 0.6 is 34.8 Å². The number of hydrogen-bond acceptors (Lipinski definition) is 26. The summed E-state index contributed by atoms with van der Waals surface area (Å²) >= 11 is 18.4. The third-order valence-electron chi connectivity index (χ3n) is 18.8. The second-order valence-corrected chi connectivity index (χ2v) is 29.9. The molecule has 114 heavy (non-hydrogen) atoms. The number of imide groups is 1. The number of methoxy groups -OCH3 is 1. The van der Waals surface area contributed by atoms with Crippen molar-refractivity contribution in [2.45, 2.75) is 194 Å². The van der Waals surface area contributed by atoms with Crippen LogP contribution in [0, 0.1) is 0 Å². The van der Waals surface area contributed by atoms with Crippen molar-refractivity contribution in [3.63, 3.8) is 0 Å². The molecule has 0 aromatic heterocycles. The van der Waals surface area contributed by atoms with Gasteiger partial charge in [-0.2, -0.15) is 0 Å². The zero-order valence-electron chi connectivity index (χ0n) is 63.5. The van der Waals surface area contributed by atoms with Crippen LogP contribution in [0.1, 0.15) is 86.8 Å². The fourth-order valence-electron chi connectivity index (χ4n) is 13.6. The van der Waals surface area contributed by atoms with Gasteiger partial charge in [-0.15, -0.1) is 0 Å². The number of carbonyl (C=O) groups excluding carboxylic acids is 8. The topological polar surface area (TPSA) is 332 Å². The molecule has 29 nitrogen and oxygen atoms in total. The summed E-state index contributed by atoms with van der Waals surface area (Å²) < 4.78 is 106. The van der Waals surface area contributed by atoms with Crippen molar-refractivity contribution in [1.82, 2.24) is 15.1 Å². The standard InChI is InChI=1S/C82H94Cl3N3O26/c1-52(89)88-67-62(112-80(88)97)41-81(77(94)98-5,114-72(67)71(109-55(4)92)64(108-54(3)91)49-101-53(2)90)107-50-65-69(102-44-58-31-17-8-18-32-58)68(93)66(86-78(95)106-51-82(83,84)85)75(110-65)113-73-70(103-45-59-33-19-9-20-34-59)63(48-99-43-57-29-15-7-16-30-57)111-76(74(73)104-46-60-35-21-10-22-36-60)100-40-26-12-25-39-87(42-56-27-13-6-14-28-56)79(96)105-47-61-37-23-11-24-38-61/h6-11,13-24,27-38,62-76,93H,12,25-26,39-51H2,1-5H3,(H,86,95)/t62-,63+,64+,65+,66+,67+,68+,69+,70-,71+,72+,73-,74+,75-,76+,81+/m0/s1. The summed E-state index contributed by atoms with van der Waals surface area (Å²) in [5.74, 6) is -7.90. The summed E-state index contributed by atoms with van der Waals surface area (Å²) in [7, 11) is 0.980. The van der Waals surface area contributed by atoms with E-state index in [1.807, 2.05) is 152 Å². The van der Waals surface area contributed by atoms with Crippen molar-refractivity contribution in [3.05, 3.63) is 215 Å². The maximum Gasteiger partial charge on any atom is 0.417 e. The second kappa shape index (κ2) is 43.2. The van der Waals surface area contributed by atoms with E-state index >= 15 is 0 Å². The highest BCUT2D eigenvalue weighted by Gasteiger charge is 2.65. The summed E-state index contributed by atoms with van der Waals surface area (Å²) in [6, 6.07) is 52.1. The van der Waals surface area contributed by atoms with Gasteiger partial charge in [0.25, 0.3) is 5.79 Å². The first-order valence-electron chi connectivity index (χ1n) is 37.2. The van der Waals surface area contributed by atoms with Crippen molar-refractivity contribution in [3.8, 4) is 0 Å². The Kier molecular flexibility index (Phi) is 33.1. The lowest BCUT2D eigenvalue weighted by atomic mass is 9.88. The van der Waals surface area contributed by atoms with E-state index in [-0.39, 0.29) is 46.2 Å². The Morgan fingerprint density at radius 3 is 1.64 bits per heavy atom. The predicted octanol–water partition coefficient (Wildman–Crippen LogP) is 10.5. The number of alkyl carbamates (subject to hydrolysis) is 1. The lowest BCUT2D eigenvalue weighted by molar-refractivity contribution is -0.367. The van der Waals surface area contributed by atoms with Crippen molar-refractivity contribution in [1.29, 1.82) is 0 Å². The number of fused-ring (bicyclic) bond motifs is 1. The highest BCUT2D eigenvalue weighted by molar-refractivity contribution is 6.67. The second-order valence-electron chi connectivity index (χ2n) is 27.4. The summed E-state index contributed by atoms with van der Waals surface area (Å²) in [6.07, 6.45) is -23.3. The Bertz CT molecular complexity index is 4040. The fourth-order valence-corrected chi connectivity index (χ4v) is 13.7. The number of aliphatic hydroxyl groups is 1. The monoisotopic (exact) mass is 1640 g/mol. The highest BCUT2D eigenvalue weighted by atomic mass is 35.6. The number of aliphatic hydroxyl groups excluding tert-OH is 1. The minimum Gasteiger partial charge on any atom is -0.465 e. The number of rotatable bonds is 38. The maximum atomic E-state index is 14.9. The summed E-state index contributed by atoms with van der Waals surface area (Å²) in [5, 5.41) is 16.0. The quantitative estimate of drug-likeness (QED) is 0.0157. The number of nitrogens with one attached hydrogen (secondary N) is 1. The highest BCUT2D eigenvalue weighted by Crippen LogP contribution is 2.44. The van der Waals surface area contributed by atoms with Crippen molar-refractivity contribution < 1.29 is 124 Å². The van der Waals surface area contributed by atoms with E-state index < -0.39 is 176 Å². The number of carbonyl (C=O) groups is 8. The molecule has 4 aliphatic rings. The van der Waals surface area contributed by atoms with Crippen LogP contribution in [0.2, 0.25) is 0 Å². The Morgan fingerprint density at radius 1 is 0.588 bits per heavy atom. The number of benzene rings is 6. The van der Waals surface area contributed by atoms with Crippen LogP contribution in [0.15, 0.2) is 182 Å². The van der Waals surface area contributed by atoms with E-state index in [1.54, 1.807) is 35.2 Å². The first-order chi connectivity index (χ1) is 54.9. The van der Waals surface area contributed by atoms with E-state index in [2.05, 4.69) is 5.32 Å². The lowest BCUT2D eigenvalue weighted by Crippen LogP contribution is -2.69. The van der Waals surface area contributed by atoms with E-state index in [0.717, 1.165) is 51.5 Å². The predicted molar refractivity (Wildman–Crippen MR) is 406 cm³/mol. The van der Waals surface area contributed by atoms with Gasteiger partial charge in [0.1, 0.15) is 86.8 Å². The molecular formula is C82H94Cl3N3O26. The minimum absolute atomic E-state index is 0.0429. The zero-order chi connectivity index (χ0) is 81.2. The molecule has 4 fully saturated rings. The van der Waals surface area contributed by atoms with Crippen molar-refractivity contribution in [2.24, 2.45) is 0 Å². The number of amides is 4. The fraction of sp³-hybridized carbons (Fsp3) is 0.463.